The summed E-state index contributed by atoms with van der Waals surface area (Å²) in [5.41, 5.74) is 0.494. The fraction of sp³-hybridized carbons (Fsp3) is 0.533. The summed E-state index contributed by atoms with van der Waals surface area (Å²) in [5.74, 6) is -0.274. The van der Waals surface area contributed by atoms with Crippen molar-refractivity contribution >= 4 is 5.78 Å². The lowest BCUT2D eigenvalue weighted by atomic mass is 9.81. The average molecular weight is 263 g/mol. The number of halogens is 1. The van der Waals surface area contributed by atoms with E-state index in [-0.39, 0.29) is 17.5 Å². The molecule has 3 rings (SSSR count). The third-order valence-electron chi connectivity index (χ3n) is 4.37. The number of hydrogen-bond donors (Lipinski definition) is 0. The summed E-state index contributed by atoms with van der Waals surface area (Å²) in [6.07, 6.45) is 1.62. The van der Waals surface area contributed by atoms with Crippen molar-refractivity contribution in [1.29, 1.82) is 0 Å². The number of likely N-dealkylation sites (N-methyl/N-ethyl adjacent to an activating group) is 1. The maximum absolute atomic E-state index is 13.2. The lowest BCUT2D eigenvalue weighted by Crippen LogP contribution is -2.55. The molecule has 0 saturated carbocycles. The molecule has 2 aliphatic rings. The topological polar surface area (TPSA) is 29.5 Å². The summed E-state index contributed by atoms with van der Waals surface area (Å²) in [4.78, 5) is 14.8. The first-order valence-corrected chi connectivity index (χ1v) is 6.74. The van der Waals surface area contributed by atoms with Crippen LogP contribution in [-0.4, -0.2) is 43.0 Å². The monoisotopic (exact) mass is 263 g/mol. The third-order valence-corrected chi connectivity index (χ3v) is 4.37. The van der Waals surface area contributed by atoms with Crippen LogP contribution in [0.4, 0.5) is 4.39 Å². The molecule has 2 bridgehead atoms. The molecule has 1 aromatic carbocycles. The van der Waals surface area contributed by atoms with Gasteiger partial charge in [-0.2, -0.15) is 0 Å². The molecule has 3 nitrogen and oxygen atoms in total. The predicted molar refractivity (Wildman–Crippen MR) is 69.6 cm³/mol. The number of piperidine rings is 1. The second-order valence-electron chi connectivity index (χ2n) is 5.55. The fourth-order valence-corrected chi connectivity index (χ4v) is 3.19. The molecule has 4 heteroatoms. The smallest absolute Gasteiger partial charge is 0.166 e. The zero-order chi connectivity index (χ0) is 13.4. The van der Waals surface area contributed by atoms with Crippen LogP contribution < -0.4 is 0 Å². The van der Waals surface area contributed by atoms with Crippen molar-refractivity contribution in [1.82, 2.24) is 4.90 Å². The normalized spacial score (nSPS) is 31.2. The second kappa shape index (κ2) is 5.02. The predicted octanol–water partition coefficient (Wildman–Crippen LogP) is 2.12. The Bertz CT molecular complexity index is 477. The number of fused-ring (bicyclic) bond motifs is 2. The summed E-state index contributed by atoms with van der Waals surface area (Å²) < 4.78 is 18.8. The van der Waals surface area contributed by atoms with Crippen LogP contribution in [0.25, 0.3) is 0 Å². The minimum Gasteiger partial charge on any atom is -0.378 e. The van der Waals surface area contributed by atoms with Gasteiger partial charge in [-0.1, -0.05) is 12.1 Å². The number of hydrogen-bond acceptors (Lipinski definition) is 3. The summed E-state index contributed by atoms with van der Waals surface area (Å²) in [6.45, 7) is 1.39. The Labute approximate surface area is 112 Å². The van der Waals surface area contributed by atoms with Crippen molar-refractivity contribution < 1.29 is 13.9 Å². The summed E-state index contributed by atoms with van der Waals surface area (Å²) in [6, 6.07) is 6.64. The van der Waals surface area contributed by atoms with Crippen LogP contribution in [0.1, 0.15) is 23.2 Å². The number of Topliss-reactive ketones (excluding diaryl/α,β-unsaturated/α-hetero) is 1. The molecule has 0 amide bonds. The van der Waals surface area contributed by atoms with Crippen LogP contribution in [0.3, 0.4) is 0 Å². The maximum Gasteiger partial charge on any atom is 0.166 e. The van der Waals surface area contributed by atoms with Crippen molar-refractivity contribution in [3.8, 4) is 0 Å². The second-order valence-corrected chi connectivity index (χ2v) is 5.55. The van der Waals surface area contributed by atoms with E-state index in [1.807, 2.05) is 0 Å². The third kappa shape index (κ3) is 2.42. The van der Waals surface area contributed by atoms with Gasteiger partial charge in [0.25, 0.3) is 0 Å². The van der Waals surface area contributed by atoms with Gasteiger partial charge >= 0.3 is 0 Å². The molecule has 1 aromatic rings. The van der Waals surface area contributed by atoms with Gasteiger partial charge < -0.3 is 4.74 Å². The van der Waals surface area contributed by atoms with E-state index in [1.165, 1.54) is 12.1 Å². The zero-order valence-electron chi connectivity index (χ0n) is 11.0. The van der Waals surface area contributed by atoms with Gasteiger partial charge in [0.15, 0.2) is 5.78 Å². The summed E-state index contributed by atoms with van der Waals surface area (Å²) in [7, 11) is 2.10. The van der Waals surface area contributed by atoms with Gasteiger partial charge in [-0.05, 0) is 32.0 Å². The Morgan fingerprint density at radius 1 is 1.32 bits per heavy atom. The Balaban J connectivity index is 1.78. The van der Waals surface area contributed by atoms with Crippen molar-refractivity contribution in [3.05, 3.63) is 35.6 Å². The molecule has 2 heterocycles. The number of nitrogens with zero attached hydrogens (tertiary/aromatic N) is 1. The number of ether oxygens (including phenoxy) is 1. The quantitative estimate of drug-likeness (QED) is 0.765. The summed E-state index contributed by atoms with van der Waals surface area (Å²) >= 11 is 0. The zero-order valence-corrected chi connectivity index (χ0v) is 11.0. The molecule has 19 heavy (non-hydrogen) atoms. The molecule has 2 atom stereocenters. The van der Waals surface area contributed by atoms with Crippen LogP contribution in [0.2, 0.25) is 0 Å². The standard InChI is InChI=1S/C15H18FNO2/c1-17-13-6-11(7-14(17)9-19-8-13)15(18)10-3-2-4-12(16)5-10/h2-5,11,13-14H,6-9H2,1H3. The minimum absolute atomic E-state index is 0.00287. The largest absolute Gasteiger partial charge is 0.378 e. The van der Waals surface area contributed by atoms with Crippen LogP contribution in [0, 0.1) is 11.7 Å². The number of rotatable bonds is 2. The first kappa shape index (κ1) is 12.8. The average Bonchev–Trinajstić information content (AvgIpc) is 2.37. The van der Waals surface area contributed by atoms with E-state index in [1.54, 1.807) is 12.1 Å². The van der Waals surface area contributed by atoms with Crippen LogP contribution in [0.5, 0.6) is 0 Å². The van der Waals surface area contributed by atoms with Gasteiger partial charge in [-0.25, -0.2) is 4.39 Å². The SMILES string of the molecule is CN1C2COCC1CC(C(=O)c1cccc(F)c1)C2. The lowest BCUT2D eigenvalue weighted by molar-refractivity contribution is -0.0702. The van der Waals surface area contributed by atoms with Crippen molar-refractivity contribution in [2.24, 2.45) is 5.92 Å². The summed E-state index contributed by atoms with van der Waals surface area (Å²) in [5, 5.41) is 0. The fourth-order valence-electron chi connectivity index (χ4n) is 3.19. The number of ketones is 1. The van der Waals surface area contributed by atoms with Gasteiger partial charge in [-0.3, -0.25) is 9.69 Å². The number of morpholine rings is 1. The van der Waals surface area contributed by atoms with Crippen molar-refractivity contribution in [2.45, 2.75) is 24.9 Å². The number of carbonyl (C=O) groups excluding carboxylic acids is 1. The lowest BCUT2D eigenvalue weighted by Gasteiger charge is -2.46. The van der Waals surface area contributed by atoms with Gasteiger partial charge in [0.05, 0.1) is 13.2 Å². The molecule has 0 aliphatic carbocycles. The van der Waals surface area contributed by atoms with E-state index >= 15 is 0 Å². The minimum atomic E-state index is -0.345. The molecule has 2 unspecified atom stereocenters. The molecule has 0 N–H and O–H groups in total. The highest BCUT2D eigenvalue weighted by Gasteiger charge is 2.39. The molecule has 2 fully saturated rings. The van der Waals surface area contributed by atoms with Crippen LogP contribution >= 0.6 is 0 Å². The van der Waals surface area contributed by atoms with Gasteiger partial charge in [-0.15, -0.1) is 0 Å². The van der Waals surface area contributed by atoms with E-state index in [9.17, 15) is 9.18 Å². The first-order chi connectivity index (χ1) is 9.15. The highest BCUT2D eigenvalue weighted by atomic mass is 19.1. The molecule has 0 spiro atoms. The Morgan fingerprint density at radius 2 is 2.00 bits per heavy atom. The Morgan fingerprint density at radius 3 is 2.63 bits per heavy atom. The van der Waals surface area contributed by atoms with E-state index in [4.69, 9.17) is 4.74 Å². The first-order valence-electron chi connectivity index (χ1n) is 6.74. The van der Waals surface area contributed by atoms with E-state index < -0.39 is 0 Å². The molecular formula is C15H18FNO2. The highest BCUT2D eigenvalue weighted by Crippen LogP contribution is 2.32. The molecule has 2 saturated heterocycles. The molecular weight excluding hydrogens is 245 g/mol. The molecule has 102 valence electrons. The van der Waals surface area contributed by atoms with Gasteiger partial charge in [0.2, 0.25) is 0 Å². The number of benzene rings is 1. The molecule has 0 aromatic heterocycles. The van der Waals surface area contributed by atoms with Gasteiger partial charge in [0, 0.05) is 23.6 Å². The highest BCUT2D eigenvalue weighted by molar-refractivity contribution is 5.98. The molecule has 0 radical (unpaired) electrons. The van der Waals surface area contributed by atoms with E-state index in [0.717, 1.165) is 12.8 Å². The van der Waals surface area contributed by atoms with Crippen LogP contribution in [-0.2, 0) is 4.74 Å². The van der Waals surface area contributed by atoms with E-state index in [0.29, 0.717) is 30.9 Å². The molecule has 2 aliphatic heterocycles. The van der Waals surface area contributed by atoms with E-state index in [2.05, 4.69) is 11.9 Å². The van der Waals surface area contributed by atoms with Crippen molar-refractivity contribution in [2.75, 3.05) is 20.3 Å². The Kier molecular flexibility index (Phi) is 3.37. The Hall–Kier alpha value is -1.26. The van der Waals surface area contributed by atoms with Crippen molar-refractivity contribution in [3.63, 3.8) is 0 Å². The maximum atomic E-state index is 13.2. The van der Waals surface area contributed by atoms with Gasteiger partial charge in [0.1, 0.15) is 5.82 Å². The van der Waals surface area contributed by atoms with Crippen LogP contribution in [0.15, 0.2) is 24.3 Å². The number of carbonyl (C=O) groups is 1.